The largest absolute Gasteiger partial charge is 0.450 e. The van der Waals surface area contributed by atoms with Gasteiger partial charge >= 0.3 is 6.18 Å². The molecule has 0 spiro atoms. The second kappa shape index (κ2) is 2.81. The number of hydrogen-bond donors (Lipinski definition) is 0. The van der Waals surface area contributed by atoms with Crippen LogP contribution in [0.25, 0.3) is 0 Å². The summed E-state index contributed by atoms with van der Waals surface area (Å²) in [6.45, 7) is 0.171. The summed E-state index contributed by atoms with van der Waals surface area (Å²) in [7, 11) is 0. The number of alkyl halides is 3. The fraction of sp³-hybridized carbons (Fsp3) is 0.833. The van der Waals surface area contributed by atoms with Crippen LogP contribution in [-0.4, -0.2) is 25.2 Å². The molecule has 1 atom stereocenters. The first-order valence-electron chi connectivity index (χ1n) is 3.20. The van der Waals surface area contributed by atoms with Gasteiger partial charge in [-0.25, -0.2) is 0 Å². The van der Waals surface area contributed by atoms with E-state index in [1.54, 1.807) is 0 Å². The van der Waals surface area contributed by atoms with E-state index >= 15 is 0 Å². The molecule has 0 bridgehead atoms. The molecule has 1 fully saturated rings. The zero-order valence-corrected chi connectivity index (χ0v) is 5.65. The molecule has 5 heteroatoms. The number of ketones is 1. The summed E-state index contributed by atoms with van der Waals surface area (Å²) in [5.74, 6) is -2.62. The van der Waals surface area contributed by atoms with Crippen molar-refractivity contribution in [3.63, 3.8) is 0 Å². The molecule has 0 saturated carbocycles. The minimum atomic E-state index is -4.70. The van der Waals surface area contributed by atoms with Gasteiger partial charge in [0.05, 0.1) is 12.5 Å². The van der Waals surface area contributed by atoms with Gasteiger partial charge < -0.3 is 4.74 Å². The van der Waals surface area contributed by atoms with Crippen LogP contribution in [0.5, 0.6) is 0 Å². The molecule has 1 heterocycles. The van der Waals surface area contributed by atoms with Gasteiger partial charge in [0.1, 0.15) is 0 Å². The number of Topliss-reactive ketones (excluding diaryl/α,β-unsaturated/α-hetero) is 1. The van der Waals surface area contributed by atoms with E-state index in [0.29, 0.717) is 0 Å². The molecule has 0 N–H and O–H groups in total. The molecule has 0 aromatic heterocycles. The highest BCUT2D eigenvalue weighted by Crippen LogP contribution is 2.25. The third-order valence-corrected chi connectivity index (χ3v) is 1.58. The van der Waals surface area contributed by atoms with Crippen LogP contribution in [0.2, 0.25) is 0 Å². The van der Waals surface area contributed by atoms with E-state index in [1.165, 1.54) is 0 Å². The van der Waals surface area contributed by atoms with Crippen molar-refractivity contribution in [2.45, 2.75) is 12.6 Å². The van der Waals surface area contributed by atoms with Gasteiger partial charge in [0, 0.05) is 6.61 Å². The molecule has 0 radical (unpaired) electrons. The Kier molecular flexibility index (Phi) is 2.17. The van der Waals surface area contributed by atoms with Crippen molar-refractivity contribution >= 4 is 5.78 Å². The van der Waals surface area contributed by atoms with E-state index in [-0.39, 0.29) is 19.6 Å². The van der Waals surface area contributed by atoms with Crippen molar-refractivity contribution in [2.75, 3.05) is 13.2 Å². The molecule has 0 aliphatic carbocycles. The van der Waals surface area contributed by atoms with Gasteiger partial charge in [-0.3, -0.25) is 4.79 Å². The van der Waals surface area contributed by atoms with E-state index in [9.17, 15) is 18.0 Å². The summed E-state index contributed by atoms with van der Waals surface area (Å²) in [6.07, 6.45) is -4.50. The third kappa shape index (κ3) is 1.92. The molecular weight excluding hydrogens is 161 g/mol. The van der Waals surface area contributed by atoms with Gasteiger partial charge in [0.2, 0.25) is 5.78 Å². The molecule has 0 aromatic rings. The van der Waals surface area contributed by atoms with E-state index in [0.717, 1.165) is 0 Å². The van der Waals surface area contributed by atoms with Crippen LogP contribution < -0.4 is 0 Å². The molecule has 1 unspecified atom stereocenters. The molecule has 11 heavy (non-hydrogen) atoms. The van der Waals surface area contributed by atoms with Crippen LogP contribution in [-0.2, 0) is 9.53 Å². The van der Waals surface area contributed by atoms with Crippen molar-refractivity contribution in [1.82, 2.24) is 0 Å². The number of ether oxygens (including phenoxy) is 1. The zero-order valence-electron chi connectivity index (χ0n) is 5.65. The Hall–Kier alpha value is -0.580. The first-order chi connectivity index (χ1) is 5.02. The Balaban J connectivity index is 2.53. The first kappa shape index (κ1) is 8.52. The van der Waals surface area contributed by atoms with Crippen LogP contribution in [0.3, 0.4) is 0 Å². The maximum absolute atomic E-state index is 11.7. The summed E-state index contributed by atoms with van der Waals surface area (Å²) in [5, 5.41) is 0. The van der Waals surface area contributed by atoms with E-state index in [1.807, 2.05) is 0 Å². The zero-order chi connectivity index (χ0) is 8.48. The highest BCUT2D eigenvalue weighted by molar-refractivity contribution is 5.86. The van der Waals surface area contributed by atoms with Crippen LogP contribution in [0.4, 0.5) is 13.2 Å². The van der Waals surface area contributed by atoms with E-state index < -0.39 is 17.9 Å². The molecule has 2 nitrogen and oxygen atoms in total. The quantitative estimate of drug-likeness (QED) is 0.587. The Morgan fingerprint density at radius 1 is 1.45 bits per heavy atom. The molecule has 1 saturated heterocycles. The lowest BCUT2D eigenvalue weighted by molar-refractivity contribution is -0.175. The number of rotatable bonds is 1. The minimum Gasteiger partial charge on any atom is -0.381 e. The summed E-state index contributed by atoms with van der Waals surface area (Å²) in [6, 6.07) is 0. The molecule has 1 rings (SSSR count). The SMILES string of the molecule is O=C(C1CCOC1)C(F)(F)F. The van der Waals surface area contributed by atoms with Crippen LogP contribution in [0.15, 0.2) is 0 Å². The van der Waals surface area contributed by atoms with Crippen molar-refractivity contribution in [3.8, 4) is 0 Å². The Bertz CT molecular complexity index is 158. The highest BCUT2D eigenvalue weighted by Gasteiger charge is 2.44. The summed E-state index contributed by atoms with van der Waals surface area (Å²) >= 11 is 0. The van der Waals surface area contributed by atoms with Crippen molar-refractivity contribution in [2.24, 2.45) is 5.92 Å². The predicted molar refractivity (Wildman–Crippen MR) is 30.0 cm³/mol. The fourth-order valence-corrected chi connectivity index (χ4v) is 0.973. The van der Waals surface area contributed by atoms with Gasteiger partial charge in [-0.2, -0.15) is 13.2 Å². The van der Waals surface area contributed by atoms with Crippen LogP contribution in [0.1, 0.15) is 6.42 Å². The Morgan fingerprint density at radius 2 is 2.09 bits per heavy atom. The lowest BCUT2D eigenvalue weighted by Gasteiger charge is -2.08. The second-order valence-corrected chi connectivity index (χ2v) is 2.42. The summed E-state index contributed by atoms with van der Waals surface area (Å²) in [5.41, 5.74) is 0. The van der Waals surface area contributed by atoms with Gasteiger partial charge in [-0.1, -0.05) is 0 Å². The Labute approximate surface area is 61.3 Å². The number of carbonyl (C=O) groups is 1. The van der Waals surface area contributed by atoms with Gasteiger partial charge in [-0.15, -0.1) is 0 Å². The molecule has 0 aromatic carbocycles. The maximum atomic E-state index is 11.7. The van der Waals surface area contributed by atoms with Gasteiger partial charge in [0.15, 0.2) is 0 Å². The van der Waals surface area contributed by atoms with Crippen LogP contribution in [0, 0.1) is 5.92 Å². The molecule has 64 valence electrons. The standard InChI is InChI=1S/C6H7F3O2/c7-6(8,9)5(10)4-1-2-11-3-4/h4H,1-3H2. The van der Waals surface area contributed by atoms with E-state index in [4.69, 9.17) is 0 Å². The Morgan fingerprint density at radius 3 is 2.45 bits per heavy atom. The number of halogens is 3. The third-order valence-electron chi connectivity index (χ3n) is 1.58. The monoisotopic (exact) mass is 168 g/mol. The normalized spacial score (nSPS) is 25.5. The fourth-order valence-electron chi connectivity index (χ4n) is 0.973. The lowest BCUT2D eigenvalue weighted by atomic mass is 10.0. The highest BCUT2D eigenvalue weighted by atomic mass is 19.4. The minimum absolute atomic E-state index is 0.0850. The predicted octanol–water partition coefficient (Wildman–Crippen LogP) is 1.15. The second-order valence-electron chi connectivity index (χ2n) is 2.42. The average molecular weight is 168 g/mol. The molecular formula is C6H7F3O2. The lowest BCUT2D eigenvalue weighted by Crippen LogP contribution is -2.30. The average Bonchev–Trinajstić information content (AvgIpc) is 2.34. The van der Waals surface area contributed by atoms with Crippen molar-refractivity contribution in [1.29, 1.82) is 0 Å². The van der Waals surface area contributed by atoms with Crippen molar-refractivity contribution < 1.29 is 22.7 Å². The smallest absolute Gasteiger partial charge is 0.381 e. The first-order valence-corrected chi connectivity index (χ1v) is 3.20. The van der Waals surface area contributed by atoms with Crippen molar-refractivity contribution in [3.05, 3.63) is 0 Å². The van der Waals surface area contributed by atoms with Gasteiger partial charge in [-0.05, 0) is 6.42 Å². The topological polar surface area (TPSA) is 26.3 Å². The molecule has 1 aliphatic rings. The number of hydrogen-bond acceptors (Lipinski definition) is 2. The maximum Gasteiger partial charge on any atom is 0.450 e. The summed E-state index contributed by atoms with van der Waals surface area (Å²) < 4.78 is 39.7. The summed E-state index contributed by atoms with van der Waals surface area (Å²) in [4.78, 5) is 10.5. The molecule has 0 amide bonds. The van der Waals surface area contributed by atoms with E-state index in [2.05, 4.69) is 4.74 Å². The van der Waals surface area contributed by atoms with Gasteiger partial charge in [0.25, 0.3) is 0 Å². The van der Waals surface area contributed by atoms with Crippen LogP contribution >= 0.6 is 0 Å². The number of carbonyl (C=O) groups excluding carboxylic acids is 1. The molecule has 1 aliphatic heterocycles.